The number of carbonyl (C=O) groups is 1. The molecule has 1 aromatic rings. The molecule has 3 N–H and O–H groups in total. The van der Waals surface area contributed by atoms with E-state index in [1.165, 1.54) is 0 Å². The smallest absolute Gasteiger partial charge is 0.335 e. The predicted molar refractivity (Wildman–Crippen MR) is 63.2 cm³/mol. The third kappa shape index (κ3) is 3.93. The highest BCUT2D eigenvalue weighted by Gasteiger charge is 2.04. The van der Waals surface area contributed by atoms with E-state index in [1.54, 1.807) is 30.0 Å². The van der Waals surface area contributed by atoms with Crippen molar-refractivity contribution >= 4 is 17.7 Å². The van der Waals surface area contributed by atoms with Crippen molar-refractivity contribution in [3.63, 3.8) is 0 Å². The molecule has 0 spiro atoms. The molecule has 0 radical (unpaired) electrons. The highest BCUT2D eigenvalue weighted by molar-refractivity contribution is 7.99. The maximum absolute atomic E-state index is 10.7. The lowest BCUT2D eigenvalue weighted by atomic mass is 10.1. The average Bonchev–Trinajstić information content (AvgIpc) is 2.26. The number of carboxylic acid groups (broad SMARTS) is 1. The first-order valence-corrected chi connectivity index (χ1v) is 5.82. The molecule has 0 amide bonds. The second kappa shape index (κ2) is 5.78. The zero-order valence-corrected chi connectivity index (χ0v) is 9.46. The molecule has 0 heterocycles. The molecule has 1 unspecified atom stereocenters. The Morgan fingerprint density at radius 1 is 1.60 bits per heavy atom. The Morgan fingerprint density at radius 2 is 2.33 bits per heavy atom. The van der Waals surface area contributed by atoms with E-state index < -0.39 is 5.97 Å². The van der Waals surface area contributed by atoms with E-state index >= 15 is 0 Å². The molecular formula is C11H15NO2S. The summed E-state index contributed by atoms with van der Waals surface area (Å²) in [6.07, 6.45) is 0. The Labute approximate surface area is 93.7 Å². The van der Waals surface area contributed by atoms with Crippen LogP contribution in [0.25, 0.3) is 0 Å². The van der Waals surface area contributed by atoms with Crippen LogP contribution in [0.15, 0.2) is 24.3 Å². The molecule has 82 valence electrons. The van der Waals surface area contributed by atoms with Gasteiger partial charge in [-0.3, -0.25) is 0 Å². The van der Waals surface area contributed by atoms with Gasteiger partial charge in [0.05, 0.1) is 5.56 Å². The number of carboxylic acids is 1. The largest absolute Gasteiger partial charge is 0.478 e. The normalized spacial score (nSPS) is 12.4. The van der Waals surface area contributed by atoms with Gasteiger partial charge in [-0.1, -0.05) is 19.1 Å². The lowest BCUT2D eigenvalue weighted by molar-refractivity contribution is 0.0697. The van der Waals surface area contributed by atoms with Crippen molar-refractivity contribution in [2.24, 2.45) is 5.73 Å². The summed E-state index contributed by atoms with van der Waals surface area (Å²) < 4.78 is 0. The van der Waals surface area contributed by atoms with Crippen LogP contribution in [0, 0.1) is 0 Å². The van der Waals surface area contributed by atoms with Gasteiger partial charge in [0.2, 0.25) is 0 Å². The molecule has 4 heteroatoms. The minimum absolute atomic E-state index is 0.341. The molecule has 0 aliphatic heterocycles. The molecule has 0 saturated carbocycles. The lowest BCUT2D eigenvalue weighted by Gasteiger charge is -2.08. The topological polar surface area (TPSA) is 63.3 Å². The van der Waals surface area contributed by atoms with E-state index in [2.05, 4.69) is 6.92 Å². The molecule has 0 bridgehead atoms. The SMILES string of the molecule is CC(CN)SCc1cccc(C(=O)O)c1. The number of hydrogen-bond donors (Lipinski definition) is 2. The number of benzene rings is 1. The van der Waals surface area contributed by atoms with Crippen molar-refractivity contribution in [1.29, 1.82) is 0 Å². The van der Waals surface area contributed by atoms with Crippen LogP contribution in [0.3, 0.4) is 0 Å². The van der Waals surface area contributed by atoms with Crippen molar-refractivity contribution in [3.05, 3.63) is 35.4 Å². The summed E-state index contributed by atoms with van der Waals surface area (Å²) in [5.74, 6) is -0.0758. The second-order valence-corrected chi connectivity index (χ2v) is 4.79. The molecule has 0 aliphatic carbocycles. The first-order valence-electron chi connectivity index (χ1n) is 4.77. The van der Waals surface area contributed by atoms with Crippen LogP contribution in [0.4, 0.5) is 0 Å². The number of thioether (sulfide) groups is 1. The Balaban J connectivity index is 2.62. The number of hydrogen-bond acceptors (Lipinski definition) is 3. The molecular weight excluding hydrogens is 210 g/mol. The molecule has 0 saturated heterocycles. The molecule has 0 fully saturated rings. The van der Waals surface area contributed by atoms with E-state index in [0.29, 0.717) is 17.4 Å². The molecule has 1 rings (SSSR count). The summed E-state index contributed by atoms with van der Waals surface area (Å²) >= 11 is 1.73. The minimum Gasteiger partial charge on any atom is -0.478 e. The molecule has 1 aromatic carbocycles. The minimum atomic E-state index is -0.881. The Morgan fingerprint density at radius 3 is 2.93 bits per heavy atom. The van der Waals surface area contributed by atoms with Crippen LogP contribution in [-0.4, -0.2) is 22.9 Å². The zero-order valence-electron chi connectivity index (χ0n) is 8.64. The van der Waals surface area contributed by atoms with Gasteiger partial charge >= 0.3 is 5.97 Å². The summed E-state index contributed by atoms with van der Waals surface area (Å²) in [7, 11) is 0. The van der Waals surface area contributed by atoms with Crippen molar-refractivity contribution in [2.45, 2.75) is 17.9 Å². The molecule has 3 nitrogen and oxygen atoms in total. The molecule has 0 aliphatic rings. The number of aromatic carboxylic acids is 1. The maximum Gasteiger partial charge on any atom is 0.335 e. The monoisotopic (exact) mass is 225 g/mol. The zero-order chi connectivity index (χ0) is 11.3. The standard InChI is InChI=1S/C11H15NO2S/c1-8(6-12)15-7-9-3-2-4-10(5-9)11(13)14/h2-5,8H,6-7,12H2,1H3,(H,13,14). The Kier molecular flexibility index (Phi) is 4.65. The van der Waals surface area contributed by atoms with Gasteiger partial charge in [0.25, 0.3) is 0 Å². The van der Waals surface area contributed by atoms with Gasteiger partial charge in [-0.05, 0) is 17.7 Å². The van der Waals surface area contributed by atoms with Crippen LogP contribution in [0.1, 0.15) is 22.8 Å². The molecule has 15 heavy (non-hydrogen) atoms. The van der Waals surface area contributed by atoms with Gasteiger partial charge in [-0.25, -0.2) is 4.79 Å². The van der Waals surface area contributed by atoms with Crippen LogP contribution >= 0.6 is 11.8 Å². The van der Waals surface area contributed by atoms with E-state index in [-0.39, 0.29) is 0 Å². The summed E-state index contributed by atoms with van der Waals surface area (Å²) in [5.41, 5.74) is 6.87. The van der Waals surface area contributed by atoms with Crippen LogP contribution in [0.2, 0.25) is 0 Å². The number of rotatable bonds is 5. The summed E-state index contributed by atoms with van der Waals surface area (Å²) in [5, 5.41) is 9.21. The van der Waals surface area contributed by atoms with Crippen molar-refractivity contribution in [3.8, 4) is 0 Å². The fourth-order valence-electron chi connectivity index (χ4n) is 1.10. The third-order valence-electron chi connectivity index (χ3n) is 2.04. The summed E-state index contributed by atoms with van der Waals surface area (Å²) in [6.45, 7) is 2.70. The average molecular weight is 225 g/mol. The summed E-state index contributed by atoms with van der Waals surface area (Å²) in [4.78, 5) is 10.7. The molecule has 1 atom stereocenters. The Hall–Kier alpha value is -1.00. The fraction of sp³-hybridized carbons (Fsp3) is 0.364. The van der Waals surface area contributed by atoms with Crippen LogP contribution in [-0.2, 0) is 5.75 Å². The van der Waals surface area contributed by atoms with Gasteiger partial charge < -0.3 is 10.8 Å². The maximum atomic E-state index is 10.7. The lowest BCUT2D eigenvalue weighted by Crippen LogP contribution is -2.12. The van der Waals surface area contributed by atoms with Crippen molar-refractivity contribution in [1.82, 2.24) is 0 Å². The third-order valence-corrected chi connectivity index (χ3v) is 3.30. The van der Waals surface area contributed by atoms with Gasteiger partial charge in [-0.15, -0.1) is 0 Å². The van der Waals surface area contributed by atoms with Gasteiger partial charge in [0, 0.05) is 17.5 Å². The van der Waals surface area contributed by atoms with Crippen molar-refractivity contribution in [2.75, 3.05) is 6.54 Å². The highest BCUT2D eigenvalue weighted by Crippen LogP contribution is 2.17. The van der Waals surface area contributed by atoms with Gasteiger partial charge in [-0.2, -0.15) is 11.8 Å². The van der Waals surface area contributed by atoms with Gasteiger partial charge in [0.1, 0.15) is 0 Å². The van der Waals surface area contributed by atoms with Crippen molar-refractivity contribution < 1.29 is 9.90 Å². The van der Waals surface area contributed by atoms with Crippen LogP contribution in [0.5, 0.6) is 0 Å². The van der Waals surface area contributed by atoms with E-state index in [0.717, 1.165) is 11.3 Å². The van der Waals surface area contributed by atoms with Gasteiger partial charge in [0.15, 0.2) is 0 Å². The Bertz CT molecular complexity index is 341. The van der Waals surface area contributed by atoms with Crippen LogP contribution < -0.4 is 5.73 Å². The first kappa shape index (κ1) is 12.1. The quantitative estimate of drug-likeness (QED) is 0.804. The first-order chi connectivity index (χ1) is 7.13. The highest BCUT2D eigenvalue weighted by atomic mass is 32.2. The van der Waals surface area contributed by atoms with E-state index in [1.807, 2.05) is 6.07 Å². The van der Waals surface area contributed by atoms with E-state index in [9.17, 15) is 4.79 Å². The van der Waals surface area contributed by atoms with E-state index in [4.69, 9.17) is 10.8 Å². The molecule has 0 aromatic heterocycles. The fourth-order valence-corrected chi connectivity index (χ4v) is 1.89. The second-order valence-electron chi connectivity index (χ2n) is 3.36. The summed E-state index contributed by atoms with van der Waals surface area (Å²) in [6, 6.07) is 7.01. The predicted octanol–water partition coefficient (Wildman–Crippen LogP) is 1.97. The number of nitrogens with two attached hydrogens (primary N) is 1.